The van der Waals surface area contributed by atoms with Crippen LogP contribution in [0.4, 0.5) is 10.3 Å². The molecule has 130 valence electrons. The smallest absolute Gasteiger partial charge is 0.278 e. The first-order valence-electron chi connectivity index (χ1n) is 7.53. The molecule has 1 N–H and O–H groups in total. The minimum absolute atomic E-state index is 0.156. The molecule has 0 saturated heterocycles. The number of amides is 1. The Balaban J connectivity index is 1.47. The molecule has 3 heterocycles. The number of halogens is 2. The standard InChI is InChI=1S/C16H11BrFN7O/c17-11-6-19-14-5-13(22-25(14)8-11)15(26)21-16-20-9-24(23-16)7-10-1-3-12(18)4-2-10/h1-6,8-9H,7H2,(H,21,23,26). The van der Waals surface area contributed by atoms with Gasteiger partial charge in [0.1, 0.15) is 12.1 Å². The van der Waals surface area contributed by atoms with E-state index in [1.165, 1.54) is 23.0 Å². The predicted molar refractivity (Wildman–Crippen MR) is 94.2 cm³/mol. The Morgan fingerprint density at radius 1 is 1.19 bits per heavy atom. The molecule has 10 heteroatoms. The van der Waals surface area contributed by atoms with Crippen molar-refractivity contribution in [1.29, 1.82) is 0 Å². The number of nitrogens with one attached hydrogen (secondary N) is 1. The van der Waals surface area contributed by atoms with Crippen LogP contribution in [0.3, 0.4) is 0 Å². The lowest BCUT2D eigenvalue weighted by atomic mass is 10.2. The van der Waals surface area contributed by atoms with Crippen LogP contribution in [-0.4, -0.2) is 35.3 Å². The highest BCUT2D eigenvalue weighted by molar-refractivity contribution is 9.10. The van der Waals surface area contributed by atoms with E-state index in [4.69, 9.17) is 0 Å². The Kier molecular flexibility index (Phi) is 4.17. The normalized spacial score (nSPS) is 11.0. The second-order valence-electron chi connectivity index (χ2n) is 5.45. The summed E-state index contributed by atoms with van der Waals surface area (Å²) in [5.41, 5.74) is 1.62. The fraction of sp³-hybridized carbons (Fsp3) is 0.0625. The molecule has 0 aliphatic heterocycles. The largest absolute Gasteiger partial charge is 0.288 e. The third-order valence-electron chi connectivity index (χ3n) is 3.53. The zero-order chi connectivity index (χ0) is 18.1. The van der Waals surface area contributed by atoms with Gasteiger partial charge in [0.2, 0.25) is 5.95 Å². The van der Waals surface area contributed by atoms with E-state index in [1.54, 1.807) is 35.3 Å². The molecule has 0 aliphatic rings. The van der Waals surface area contributed by atoms with Crippen molar-refractivity contribution in [2.75, 3.05) is 5.32 Å². The number of anilines is 1. The molecule has 4 rings (SSSR count). The second kappa shape index (κ2) is 6.64. The van der Waals surface area contributed by atoms with E-state index in [9.17, 15) is 9.18 Å². The average molecular weight is 416 g/mol. The molecule has 8 nitrogen and oxygen atoms in total. The summed E-state index contributed by atoms with van der Waals surface area (Å²) < 4.78 is 16.7. The fourth-order valence-corrected chi connectivity index (χ4v) is 2.63. The Morgan fingerprint density at radius 2 is 2.00 bits per heavy atom. The van der Waals surface area contributed by atoms with Gasteiger partial charge in [0.25, 0.3) is 5.91 Å². The molecule has 0 fully saturated rings. The zero-order valence-electron chi connectivity index (χ0n) is 13.2. The van der Waals surface area contributed by atoms with E-state index in [1.807, 2.05) is 0 Å². The maximum absolute atomic E-state index is 12.9. The third kappa shape index (κ3) is 3.45. The summed E-state index contributed by atoms with van der Waals surface area (Å²) in [7, 11) is 0. The van der Waals surface area contributed by atoms with Gasteiger partial charge < -0.3 is 0 Å². The van der Waals surface area contributed by atoms with Crippen molar-refractivity contribution in [3.8, 4) is 0 Å². The summed E-state index contributed by atoms with van der Waals surface area (Å²) in [4.78, 5) is 20.5. The first kappa shape index (κ1) is 16.3. The lowest BCUT2D eigenvalue weighted by molar-refractivity contribution is 0.102. The zero-order valence-corrected chi connectivity index (χ0v) is 14.8. The summed E-state index contributed by atoms with van der Waals surface area (Å²) in [5.74, 6) is -0.580. The molecule has 0 atom stereocenters. The van der Waals surface area contributed by atoms with E-state index in [-0.39, 0.29) is 17.5 Å². The molecule has 1 aromatic carbocycles. The number of aromatic nitrogens is 6. The van der Waals surface area contributed by atoms with Crippen molar-refractivity contribution in [3.05, 3.63) is 70.6 Å². The molecular weight excluding hydrogens is 405 g/mol. The molecule has 0 saturated carbocycles. The van der Waals surface area contributed by atoms with Gasteiger partial charge in [0, 0.05) is 18.5 Å². The fourth-order valence-electron chi connectivity index (χ4n) is 2.34. The number of hydrogen-bond donors (Lipinski definition) is 1. The molecule has 4 aromatic rings. The first-order valence-corrected chi connectivity index (χ1v) is 8.32. The highest BCUT2D eigenvalue weighted by Crippen LogP contribution is 2.11. The molecule has 26 heavy (non-hydrogen) atoms. The van der Waals surface area contributed by atoms with Crippen molar-refractivity contribution >= 4 is 33.4 Å². The number of fused-ring (bicyclic) bond motifs is 1. The van der Waals surface area contributed by atoms with Gasteiger partial charge in [0.15, 0.2) is 11.3 Å². The van der Waals surface area contributed by atoms with Gasteiger partial charge in [-0.05, 0) is 33.6 Å². The number of carbonyl (C=O) groups excluding carboxylic acids is 1. The Hall–Kier alpha value is -3.14. The quantitative estimate of drug-likeness (QED) is 0.552. The third-order valence-corrected chi connectivity index (χ3v) is 3.94. The molecule has 0 spiro atoms. The van der Waals surface area contributed by atoms with Crippen LogP contribution in [0, 0.1) is 5.82 Å². The summed E-state index contributed by atoms with van der Waals surface area (Å²) >= 11 is 3.30. The van der Waals surface area contributed by atoms with Gasteiger partial charge in [0.05, 0.1) is 11.0 Å². The van der Waals surface area contributed by atoms with E-state index < -0.39 is 5.91 Å². The van der Waals surface area contributed by atoms with Crippen LogP contribution in [0.25, 0.3) is 5.65 Å². The van der Waals surface area contributed by atoms with Gasteiger partial charge in [-0.15, -0.1) is 5.10 Å². The van der Waals surface area contributed by atoms with Crippen LogP contribution >= 0.6 is 15.9 Å². The Labute approximate surface area is 154 Å². The van der Waals surface area contributed by atoms with Crippen molar-refractivity contribution < 1.29 is 9.18 Å². The predicted octanol–water partition coefficient (Wildman–Crippen LogP) is 2.52. The van der Waals surface area contributed by atoms with Crippen molar-refractivity contribution in [3.63, 3.8) is 0 Å². The number of nitrogens with zero attached hydrogens (tertiary/aromatic N) is 6. The first-order chi connectivity index (χ1) is 12.6. The van der Waals surface area contributed by atoms with Crippen LogP contribution in [0.15, 0.2) is 53.5 Å². The topological polar surface area (TPSA) is 90.0 Å². The highest BCUT2D eigenvalue weighted by Gasteiger charge is 2.14. The molecular formula is C16H11BrFN7O. The summed E-state index contributed by atoms with van der Waals surface area (Å²) in [6, 6.07) is 7.65. The lowest BCUT2D eigenvalue weighted by Gasteiger charge is -2.00. The van der Waals surface area contributed by atoms with Crippen LogP contribution in [0.1, 0.15) is 16.1 Å². The lowest BCUT2D eigenvalue weighted by Crippen LogP contribution is -2.14. The average Bonchev–Trinajstić information content (AvgIpc) is 3.23. The van der Waals surface area contributed by atoms with Crippen LogP contribution < -0.4 is 5.32 Å². The van der Waals surface area contributed by atoms with Crippen LogP contribution in [-0.2, 0) is 6.54 Å². The Morgan fingerprint density at radius 3 is 2.81 bits per heavy atom. The molecule has 0 bridgehead atoms. The monoisotopic (exact) mass is 415 g/mol. The van der Waals surface area contributed by atoms with E-state index in [0.29, 0.717) is 12.2 Å². The van der Waals surface area contributed by atoms with Gasteiger partial charge >= 0.3 is 0 Å². The van der Waals surface area contributed by atoms with E-state index >= 15 is 0 Å². The molecule has 0 unspecified atom stereocenters. The van der Waals surface area contributed by atoms with Gasteiger partial charge in [-0.25, -0.2) is 23.6 Å². The van der Waals surface area contributed by atoms with E-state index in [0.717, 1.165) is 10.0 Å². The maximum Gasteiger partial charge on any atom is 0.278 e. The molecule has 3 aromatic heterocycles. The maximum atomic E-state index is 12.9. The minimum Gasteiger partial charge on any atom is -0.288 e. The van der Waals surface area contributed by atoms with Crippen molar-refractivity contribution in [2.45, 2.75) is 6.54 Å². The van der Waals surface area contributed by atoms with E-state index in [2.05, 4.69) is 41.4 Å². The number of benzene rings is 1. The molecule has 0 aliphatic carbocycles. The highest BCUT2D eigenvalue weighted by atomic mass is 79.9. The van der Waals surface area contributed by atoms with Crippen molar-refractivity contribution in [1.82, 2.24) is 29.4 Å². The van der Waals surface area contributed by atoms with Gasteiger partial charge in [-0.1, -0.05) is 12.1 Å². The number of carbonyl (C=O) groups is 1. The number of rotatable bonds is 4. The number of hydrogen-bond acceptors (Lipinski definition) is 5. The van der Waals surface area contributed by atoms with Gasteiger partial charge in [-0.2, -0.15) is 5.10 Å². The summed E-state index contributed by atoms with van der Waals surface area (Å²) in [6.45, 7) is 0.412. The Bertz CT molecular complexity index is 1090. The van der Waals surface area contributed by atoms with Crippen LogP contribution in [0.2, 0.25) is 0 Å². The van der Waals surface area contributed by atoms with Crippen molar-refractivity contribution in [2.24, 2.45) is 0 Å². The second-order valence-corrected chi connectivity index (χ2v) is 6.37. The summed E-state index contributed by atoms with van der Waals surface area (Å²) in [5, 5.41) is 10.9. The molecule has 1 amide bonds. The molecule has 0 radical (unpaired) electrons. The SMILES string of the molecule is O=C(Nc1ncn(Cc2ccc(F)cc2)n1)c1cc2ncc(Br)cn2n1. The van der Waals surface area contributed by atoms with Crippen LogP contribution in [0.5, 0.6) is 0 Å². The minimum atomic E-state index is -0.439. The summed E-state index contributed by atoms with van der Waals surface area (Å²) in [6.07, 6.45) is 4.81. The van der Waals surface area contributed by atoms with Gasteiger partial charge in [-0.3, -0.25) is 10.1 Å².